The number of rotatable bonds is 7. The Bertz CT molecular complexity index is 636. The maximum atomic E-state index is 12.2. The molecule has 1 heterocycles. The van der Waals surface area contributed by atoms with Gasteiger partial charge in [-0.25, -0.2) is 0 Å². The van der Waals surface area contributed by atoms with Crippen LogP contribution in [0.3, 0.4) is 0 Å². The molecule has 2 rings (SSSR count). The fourth-order valence-corrected chi connectivity index (χ4v) is 2.31. The molecule has 0 saturated heterocycles. The van der Waals surface area contributed by atoms with Gasteiger partial charge < -0.3 is 9.84 Å². The van der Waals surface area contributed by atoms with Gasteiger partial charge in [0.25, 0.3) is 0 Å². The third kappa shape index (κ3) is 5.17. The molecule has 124 valence electrons. The lowest BCUT2D eigenvalue weighted by atomic mass is 10.1. The van der Waals surface area contributed by atoms with E-state index in [1.54, 1.807) is 6.92 Å². The van der Waals surface area contributed by atoms with Crippen LogP contribution in [0.5, 0.6) is 0 Å². The first kappa shape index (κ1) is 17.1. The smallest absolute Gasteiger partial charge is 0.234 e. The normalized spacial score (nSPS) is 12.4. The topological polar surface area (TPSA) is 71.3 Å². The highest BCUT2D eigenvalue weighted by Crippen LogP contribution is 2.13. The minimum absolute atomic E-state index is 0.0138. The van der Waals surface area contributed by atoms with E-state index in [-0.39, 0.29) is 11.9 Å². The molecule has 0 unspecified atom stereocenters. The van der Waals surface area contributed by atoms with E-state index in [9.17, 15) is 4.79 Å². The predicted molar refractivity (Wildman–Crippen MR) is 87.7 cm³/mol. The first-order chi connectivity index (χ1) is 11.0. The summed E-state index contributed by atoms with van der Waals surface area (Å²) in [6, 6.07) is 8.17. The number of carbonyl (C=O) groups is 1. The van der Waals surface area contributed by atoms with E-state index in [0.717, 1.165) is 12.1 Å². The van der Waals surface area contributed by atoms with Crippen LogP contribution in [0.15, 0.2) is 28.8 Å². The summed E-state index contributed by atoms with van der Waals surface area (Å²) in [7, 11) is 0. The number of nitrogens with zero attached hydrogens (tertiary/aromatic N) is 3. The Morgan fingerprint density at radius 2 is 2.00 bits per heavy atom. The van der Waals surface area contributed by atoms with Gasteiger partial charge in [-0.2, -0.15) is 4.98 Å². The van der Waals surface area contributed by atoms with Crippen LogP contribution < -0.4 is 5.32 Å². The van der Waals surface area contributed by atoms with Gasteiger partial charge in [-0.15, -0.1) is 0 Å². The first-order valence-electron chi connectivity index (χ1n) is 7.85. The van der Waals surface area contributed by atoms with Gasteiger partial charge in [0.15, 0.2) is 5.82 Å². The quantitative estimate of drug-likeness (QED) is 0.849. The molecule has 23 heavy (non-hydrogen) atoms. The van der Waals surface area contributed by atoms with Crippen LogP contribution in [0.1, 0.15) is 42.7 Å². The molecular weight excluding hydrogens is 292 g/mol. The lowest BCUT2D eigenvalue weighted by molar-refractivity contribution is -0.123. The summed E-state index contributed by atoms with van der Waals surface area (Å²) in [4.78, 5) is 18.4. The van der Waals surface area contributed by atoms with Gasteiger partial charge in [0.1, 0.15) is 0 Å². The van der Waals surface area contributed by atoms with E-state index in [1.807, 2.05) is 37.8 Å². The predicted octanol–water partition coefficient (Wildman–Crippen LogP) is 2.39. The minimum atomic E-state index is -0.0192. The van der Waals surface area contributed by atoms with Gasteiger partial charge in [0, 0.05) is 6.92 Å². The zero-order valence-corrected chi connectivity index (χ0v) is 14.2. The maximum Gasteiger partial charge on any atom is 0.234 e. The number of hydrogen-bond acceptors (Lipinski definition) is 5. The van der Waals surface area contributed by atoms with Crippen LogP contribution in [0.4, 0.5) is 0 Å². The fourth-order valence-electron chi connectivity index (χ4n) is 2.31. The van der Waals surface area contributed by atoms with Gasteiger partial charge >= 0.3 is 0 Å². The Labute approximate surface area is 136 Å². The molecule has 0 radical (unpaired) electrons. The van der Waals surface area contributed by atoms with E-state index in [0.29, 0.717) is 24.8 Å². The van der Waals surface area contributed by atoms with Crippen molar-refractivity contribution in [3.8, 4) is 0 Å². The highest BCUT2D eigenvalue weighted by atomic mass is 16.5. The number of benzene rings is 1. The number of amides is 1. The molecule has 0 aliphatic heterocycles. The Balaban J connectivity index is 1.87. The van der Waals surface area contributed by atoms with E-state index < -0.39 is 0 Å². The third-order valence-corrected chi connectivity index (χ3v) is 3.70. The van der Waals surface area contributed by atoms with E-state index >= 15 is 0 Å². The molecule has 0 saturated carbocycles. The SMILES string of the molecule is CCN(CC(=O)N[C@@H](C)c1ccc(C)cc1)Cc1noc(C)n1. The van der Waals surface area contributed by atoms with Crippen molar-refractivity contribution in [3.05, 3.63) is 47.1 Å². The molecule has 1 atom stereocenters. The van der Waals surface area contributed by atoms with Crippen molar-refractivity contribution in [2.24, 2.45) is 0 Å². The summed E-state index contributed by atoms with van der Waals surface area (Å²) in [5.74, 6) is 1.12. The highest BCUT2D eigenvalue weighted by Gasteiger charge is 2.15. The zero-order valence-electron chi connectivity index (χ0n) is 14.2. The number of nitrogens with one attached hydrogen (secondary N) is 1. The average Bonchev–Trinajstić information content (AvgIpc) is 2.92. The zero-order chi connectivity index (χ0) is 16.8. The van der Waals surface area contributed by atoms with Crippen LogP contribution in [0, 0.1) is 13.8 Å². The van der Waals surface area contributed by atoms with Crippen LogP contribution in [-0.2, 0) is 11.3 Å². The van der Waals surface area contributed by atoms with Crippen molar-refractivity contribution in [3.63, 3.8) is 0 Å². The molecule has 1 aromatic carbocycles. The van der Waals surface area contributed by atoms with E-state index in [2.05, 4.69) is 27.6 Å². The lowest BCUT2D eigenvalue weighted by Crippen LogP contribution is -2.38. The molecule has 1 aromatic heterocycles. The average molecular weight is 316 g/mol. The summed E-state index contributed by atoms with van der Waals surface area (Å²) in [6.45, 7) is 9.33. The fraction of sp³-hybridized carbons (Fsp3) is 0.471. The summed E-state index contributed by atoms with van der Waals surface area (Å²) in [5, 5.41) is 6.89. The first-order valence-corrected chi connectivity index (χ1v) is 7.85. The van der Waals surface area contributed by atoms with Crippen LogP contribution in [0.2, 0.25) is 0 Å². The Morgan fingerprint density at radius 3 is 2.57 bits per heavy atom. The van der Waals surface area contributed by atoms with Gasteiger partial charge in [0.05, 0.1) is 19.1 Å². The van der Waals surface area contributed by atoms with Crippen LogP contribution in [0.25, 0.3) is 0 Å². The largest absolute Gasteiger partial charge is 0.348 e. The number of likely N-dealkylation sites (N-methyl/N-ethyl adjacent to an activating group) is 1. The van der Waals surface area contributed by atoms with Crippen LogP contribution in [-0.4, -0.2) is 34.0 Å². The number of hydrogen-bond donors (Lipinski definition) is 1. The highest BCUT2D eigenvalue weighted by molar-refractivity contribution is 5.78. The Kier molecular flexibility index (Phi) is 5.87. The van der Waals surface area contributed by atoms with Gasteiger partial charge in [0.2, 0.25) is 11.8 Å². The van der Waals surface area contributed by atoms with Crippen LogP contribution >= 0.6 is 0 Å². The van der Waals surface area contributed by atoms with Crippen molar-refractivity contribution in [1.29, 1.82) is 0 Å². The van der Waals surface area contributed by atoms with Gasteiger partial charge in [-0.1, -0.05) is 41.9 Å². The molecule has 0 spiro atoms. The standard InChI is InChI=1S/C17H24N4O2/c1-5-21(10-16-19-14(4)23-20-16)11-17(22)18-13(3)15-8-6-12(2)7-9-15/h6-9,13H,5,10-11H2,1-4H3,(H,18,22)/t13-/m0/s1. The molecule has 6 heteroatoms. The molecule has 2 aromatic rings. The van der Waals surface area contributed by atoms with Gasteiger partial charge in [-0.05, 0) is 26.0 Å². The molecule has 1 amide bonds. The van der Waals surface area contributed by atoms with Crippen molar-refractivity contribution in [1.82, 2.24) is 20.4 Å². The van der Waals surface area contributed by atoms with Gasteiger partial charge in [-0.3, -0.25) is 9.69 Å². The maximum absolute atomic E-state index is 12.2. The second kappa shape index (κ2) is 7.87. The monoisotopic (exact) mass is 316 g/mol. The van der Waals surface area contributed by atoms with E-state index in [4.69, 9.17) is 4.52 Å². The molecular formula is C17H24N4O2. The minimum Gasteiger partial charge on any atom is -0.348 e. The number of aryl methyl sites for hydroxylation is 2. The van der Waals surface area contributed by atoms with Crippen molar-refractivity contribution >= 4 is 5.91 Å². The molecule has 0 aliphatic rings. The molecule has 6 nitrogen and oxygen atoms in total. The van der Waals surface area contributed by atoms with E-state index in [1.165, 1.54) is 5.56 Å². The Morgan fingerprint density at radius 1 is 1.30 bits per heavy atom. The molecule has 1 N–H and O–H groups in total. The summed E-state index contributed by atoms with van der Waals surface area (Å²) in [5.41, 5.74) is 2.31. The molecule has 0 bridgehead atoms. The molecule has 0 fully saturated rings. The Hall–Kier alpha value is -2.21. The summed E-state index contributed by atoms with van der Waals surface area (Å²) >= 11 is 0. The van der Waals surface area contributed by atoms with Crippen molar-refractivity contribution in [2.45, 2.75) is 40.3 Å². The third-order valence-electron chi connectivity index (χ3n) is 3.70. The lowest BCUT2D eigenvalue weighted by Gasteiger charge is -2.20. The summed E-state index contributed by atoms with van der Waals surface area (Å²) < 4.78 is 4.96. The second-order valence-electron chi connectivity index (χ2n) is 5.73. The molecule has 0 aliphatic carbocycles. The number of aromatic nitrogens is 2. The van der Waals surface area contributed by atoms with Crippen molar-refractivity contribution in [2.75, 3.05) is 13.1 Å². The summed E-state index contributed by atoms with van der Waals surface area (Å²) in [6.07, 6.45) is 0. The van der Waals surface area contributed by atoms with Crippen molar-refractivity contribution < 1.29 is 9.32 Å². The second-order valence-corrected chi connectivity index (χ2v) is 5.73. The number of carbonyl (C=O) groups excluding carboxylic acids is 1.